The Morgan fingerprint density at radius 1 is 1.56 bits per heavy atom. The normalized spacial score (nSPS) is 15.1. The van der Waals surface area contributed by atoms with E-state index in [1.165, 1.54) is 0 Å². The van der Waals surface area contributed by atoms with Crippen molar-refractivity contribution < 1.29 is 4.74 Å². The van der Waals surface area contributed by atoms with E-state index in [1.807, 2.05) is 18.7 Å². The van der Waals surface area contributed by atoms with E-state index in [1.54, 1.807) is 7.11 Å². The van der Waals surface area contributed by atoms with Gasteiger partial charge in [0.25, 0.3) is 0 Å². The summed E-state index contributed by atoms with van der Waals surface area (Å²) in [7, 11) is 3.64. The van der Waals surface area contributed by atoms with Crippen molar-refractivity contribution in [2.75, 3.05) is 7.11 Å². The molecule has 4 nitrogen and oxygen atoms in total. The van der Waals surface area contributed by atoms with Gasteiger partial charge < -0.3 is 10.5 Å². The molecule has 1 rings (SSSR count). The molecule has 0 radical (unpaired) electrons. The van der Waals surface area contributed by atoms with Crippen LogP contribution in [0.15, 0.2) is 4.47 Å². The largest absolute Gasteiger partial charge is 0.380 e. The Morgan fingerprint density at radius 3 is 2.56 bits per heavy atom. The number of aryl methyl sites for hydroxylation is 2. The van der Waals surface area contributed by atoms with Crippen molar-refractivity contribution >= 4 is 15.9 Å². The van der Waals surface area contributed by atoms with E-state index in [9.17, 15) is 0 Å². The summed E-state index contributed by atoms with van der Waals surface area (Å²) >= 11 is 3.54. The van der Waals surface area contributed by atoms with Crippen molar-refractivity contribution in [3.63, 3.8) is 0 Å². The highest BCUT2D eigenvalue weighted by Crippen LogP contribution is 2.22. The molecule has 0 aromatic carbocycles. The quantitative estimate of drug-likeness (QED) is 0.899. The number of ether oxygens (including phenoxy) is 1. The van der Waals surface area contributed by atoms with Crippen LogP contribution in [0.2, 0.25) is 0 Å². The smallest absolute Gasteiger partial charge is 0.0738 e. The molecule has 1 aromatic heterocycles. The zero-order chi connectivity index (χ0) is 12.3. The molecule has 0 aliphatic carbocycles. The molecule has 2 unspecified atom stereocenters. The Labute approximate surface area is 105 Å². The molecule has 2 atom stereocenters. The minimum Gasteiger partial charge on any atom is -0.380 e. The lowest BCUT2D eigenvalue weighted by atomic mass is 10.0. The number of aromatic nitrogens is 2. The lowest BCUT2D eigenvalue weighted by Crippen LogP contribution is -2.38. The van der Waals surface area contributed by atoms with E-state index >= 15 is 0 Å². The van der Waals surface area contributed by atoms with E-state index in [-0.39, 0.29) is 12.1 Å². The molecule has 1 heterocycles. The Balaban J connectivity index is 2.80. The van der Waals surface area contributed by atoms with Gasteiger partial charge in [-0.25, -0.2) is 0 Å². The summed E-state index contributed by atoms with van der Waals surface area (Å²) in [4.78, 5) is 0. The molecule has 0 saturated heterocycles. The van der Waals surface area contributed by atoms with Crippen LogP contribution in [0.1, 0.15) is 24.7 Å². The van der Waals surface area contributed by atoms with Crippen molar-refractivity contribution in [3.8, 4) is 0 Å². The standard InChI is InChI=1S/C11H20BrN3O/c1-5-10(16-4)8(13)6-9-11(12)7(2)14-15(9)3/h8,10H,5-6,13H2,1-4H3. The molecule has 0 saturated carbocycles. The fourth-order valence-electron chi connectivity index (χ4n) is 1.90. The molecular formula is C11H20BrN3O. The third-order valence-corrected chi connectivity index (χ3v) is 3.90. The minimum absolute atomic E-state index is 0.00102. The van der Waals surface area contributed by atoms with E-state index in [4.69, 9.17) is 10.5 Å². The maximum atomic E-state index is 6.13. The van der Waals surface area contributed by atoms with Gasteiger partial charge in [0.2, 0.25) is 0 Å². The molecule has 5 heteroatoms. The summed E-state index contributed by atoms with van der Waals surface area (Å²) in [5.74, 6) is 0. The van der Waals surface area contributed by atoms with E-state index in [2.05, 4.69) is 28.0 Å². The molecule has 2 N–H and O–H groups in total. The van der Waals surface area contributed by atoms with Crippen LogP contribution < -0.4 is 5.73 Å². The second-order valence-corrected chi connectivity index (χ2v) is 4.81. The fourth-order valence-corrected chi connectivity index (χ4v) is 2.40. The molecule has 1 aromatic rings. The van der Waals surface area contributed by atoms with Crippen molar-refractivity contribution in [1.82, 2.24) is 9.78 Å². The van der Waals surface area contributed by atoms with Gasteiger partial charge in [0, 0.05) is 26.6 Å². The van der Waals surface area contributed by atoms with Crippen molar-refractivity contribution in [2.45, 2.75) is 38.8 Å². The first-order valence-corrected chi connectivity index (χ1v) is 6.26. The number of rotatable bonds is 5. The summed E-state index contributed by atoms with van der Waals surface area (Å²) < 4.78 is 8.28. The Morgan fingerprint density at radius 2 is 2.19 bits per heavy atom. The first kappa shape index (κ1) is 13.7. The number of nitrogens with two attached hydrogens (primary N) is 1. The van der Waals surface area contributed by atoms with Crippen LogP contribution >= 0.6 is 15.9 Å². The molecule has 0 spiro atoms. The number of methoxy groups -OCH3 is 1. The minimum atomic E-state index is 0.00102. The zero-order valence-electron chi connectivity index (χ0n) is 10.3. The summed E-state index contributed by atoms with van der Waals surface area (Å²) in [5, 5.41) is 4.35. The van der Waals surface area contributed by atoms with Gasteiger partial charge in [0.15, 0.2) is 0 Å². The summed E-state index contributed by atoms with van der Waals surface area (Å²) in [6.45, 7) is 4.06. The maximum absolute atomic E-state index is 6.13. The molecule has 0 fully saturated rings. The molecule has 92 valence electrons. The first-order valence-electron chi connectivity index (χ1n) is 5.47. The highest BCUT2D eigenvalue weighted by Gasteiger charge is 2.20. The molecular weight excluding hydrogens is 270 g/mol. The van der Waals surface area contributed by atoms with Gasteiger partial charge in [-0.15, -0.1) is 0 Å². The molecule has 16 heavy (non-hydrogen) atoms. The molecule has 0 aliphatic rings. The van der Waals surface area contributed by atoms with Crippen molar-refractivity contribution in [3.05, 3.63) is 15.9 Å². The Kier molecular flexibility index (Phi) is 4.95. The van der Waals surface area contributed by atoms with Crippen molar-refractivity contribution in [2.24, 2.45) is 12.8 Å². The van der Waals surface area contributed by atoms with Gasteiger partial charge in [-0.3, -0.25) is 4.68 Å². The highest BCUT2D eigenvalue weighted by molar-refractivity contribution is 9.10. The number of hydrogen-bond donors (Lipinski definition) is 1. The molecule has 0 bridgehead atoms. The zero-order valence-corrected chi connectivity index (χ0v) is 11.9. The van der Waals surface area contributed by atoms with Crippen molar-refractivity contribution in [1.29, 1.82) is 0 Å². The molecule has 0 amide bonds. The third kappa shape index (κ3) is 2.84. The van der Waals surface area contributed by atoms with Gasteiger partial charge in [-0.1, -0.05) is 6.92 Å². The Hall–Kier alpha value is -0.390. The van der Waals surface area contributed by atoms with Gasteiger partial charge in [0.1, 0.15) is 0 Å². The van der Waals surface area contributed by atoms with Crippen LogP contribution in [0.3, 0.4) is 0 Å². The monoisotopic (exact) mass is 289 g/mol. The number of nitrogens with zero attached hydrogens (tertiary/aromatic N) is 2. The predicted octanol–water partition coefficient (Wildman–Crippen LogP) is 1.79. The van der Waals surface area contributed by atoms with Crippen LogP contribution in [0.4, 0.5) is 0 Å². The third-order valence-electron chi connectivity index (χ3n) is 2.87. The lowest BCUT2D eigenvalue weighted by molar-refractivity contribution is 0.0767. The predicted molar refractivity (Wildman–Crippen MR) is 68.4 cm³/mol. The van der Waals surface area contributed by atoms with Crippen LogP contribution in [-0.4, -0.2) is 29.0 Å². The number of halogens is 1. The topological polar surface area (TPSA) is 53.1 Å². The first-order chi connectivity index (χ1) is 7.51. The van der Waals surface area contributed by atoms with E-state index in [0.717, 1.165) is 28.7 Å². The Bertz CT molecular complexity index is 347. The summed E-state index contributed by atoms with van der Waals surface area (Å²) in [6.07, 6.45) is 1.79. The fraction of sp³-hybridized carbons (Fsp3) is 0.727. The van der Waals surface area contributed by atoms with Crippen LogP contribution in [0, 0.1) is 6.92 Å². The van der Waals surface area contributed by atoms with Gasteiger partial charge in [-0.2, -0.15) is 5.10 Å². The highest BCUT2D eigenvalue weighted by atomic mass is 79.9. The molecule has 0 aliphatic heterocycles. The van der Waals surface area contributed by atoms with Gasteiger partial charge in [0.05, 0.1) is 22.0 Å². The average molecular weight is 290 g/mol. The van der Waals surface area contributed by atoms with Crippen LogP contribution in [0.5, 0.6) is 0 Å². The second kappa shape index (κ2) is 5.80. The maximum Gasteiger partial charge on any atom is 0.0738 e. The summed E-state index contributed by atoms with van der Waals surface area (Å²) in [6, 6.07) is 0.00102. The van der Waals surface area contributed by atoms with E-state index < -0.39 is 0 Å². The van der Waals surface area contributed by atoms with Crippen LogP contribution in [-0.2, 0) is 18.2 Å². The summed E-state index contributed by atoms with van der Waals surface area (Å²) in [5.41, 5.74) is 8.25. The average Bonchev–Trinajstić information content (AvgIpc) is 2.47. The SMILES string of the molecule is CCC(OC)C(N)Cc1c(Br)c(C)nn1C. The second-order valence-electron chi connectivity index (χ2n) is 4.02. The van der Waals surface area contributed by atoms with Crippen LogP contribution in [0.25, 0.3) is 0 Å². The lowest BCUT2D eigenvalue weighted by Gasteiger charge is -2.21. The van der Waals surface area contributed by atoms with Gasteiger partial charge in [-0.05, 0) is 29.3 Å². The number of hydrogen-bond acceptors (Lipinski definition) is 3. The van der Waals surface area contributed by atoms with Gasteiger partial charge >= 0.3 is 0 Å². The van der Waals surface area contributed by atoms with E-state index in [0.29, 0.717) is 0 Å².